The monoisotopic (exact) mass is 487 g/mol. The Balaban J connectivity index is 1.88. The zero-order chi connectivity index (χ0) is 25.4. The molecule has 0 aromatic rings. The van der Waals surface area contributed by atoms with Crippen LogP contribution in [0.3, 0.4) is 0 Å². The summed E-state index contributed by atoms with van der Waals surface area (Å²) in [6, 6.07) is -1.41. The quantitative estimate of drug-likeness (QED) is 0.503. The van der Waals surface area contributed by atoms with E-state index >= 15 is 0 Å². The molecular formula is C27H41N3O5. The van der Waals surface area contributed by atoms with Gasteiger partial charge in [0.1, 0.15) is 11.6 Å². The Morgan fingerprint density at radius 2 is 1.63 bits per heavy atom. The van der Waals surface area contributed by atoms with Crippen molar-refractivity contribution in [1.29, 1.82) is 0 Å². The van der Waals surface area contributed by atoms with Crippen molar-refractivity contribution < 1.29 is 24.2 Å². The highest BCUT2D eigenvalue weighted by atomic mass is 16.5. The van der Waals surface area contributed by atoms with Gasteiger partial charge in [-0.1, -0.05) is 58.4 Å². The largest absolute Gasteiger partial charge is 0.394 e. The van der Waals surface area contributed by atoms with Gasteiger partial charge in [-0.15, -0.1) is 0 Å². The van der Waals surface area contributed by atoms with E-state index in [9.17, 15) is 19.5 Å². The summed E-state index contributed by atoms with van der Waals surface area (Å²) in [6.07, 6.45) is 11.4. The first kappa shape index (κ1) is 25.9. The Morgan fingerprint density at radius 1 is 0.943 bits per heavy atom. The van der Waals surface area contributed by atoms with Crippen molar-refractivity contribution in [1.82, 2.24) is 14.7 Å². The van der Waals surface area contributed by atoms with Crippen molar-refractivity contribution in [2.45, 2.75) is 83.1 Å². The van der Waals surface area contributed by atoms with Crippen LogP contribution >= 0.6 is 0 Å². The molecule has 3 amide bonds. The Hall–Kier alpha value is -2.19. The maximum absolute atomic E-state index is 14.3. The molecule has 0 bridgehead atoms. The van der Waals surface area contributed by atoms with Crippen molar-refractivity contribution in [2.75, 3.05) is 32.8 Å². The van der Waals surface area contributed by atoms with Crippen molar-refractivity contribution >= 4 is 17.7 Å². The molecule has 0 aliphatic carbocycles. The van der Waals surface area contributed by atoms with Gasteiger partial charge in [0, 0.05) is 26.2 Å². The fourth-order valence-electron chi connectivity index (χ4n) is 6.62. The van der Waals surface area contributed by atoms with Crippen LogP contribution in [0.4, 0.5) is 0 Å². The third-order valence-corrected chi connectivity index (χ3v) is 8.40. The summed E-state index contributed by atoms with van der Waals surface area (Å²) in [5, 5.41) is 10.2. The molecule has 8 nitrogen and oxygen atoms in total. The highest BCUT2D eigenvalue weighted by molar-refractivity contribution is 6.00. The standard InChI is InChI=1S/C27H41N3O5/c1-5-9-15-29-17-11-13-27-21(24(33)30(19(7-3)18-31)22(27)25(29)34)20-23(32)28(14-6-2)16-10-12-26(20,8-4)35-27/h10-13,19-22,31H,5-9,14-18H2,1-4H3/t19-,20+,21-,22?,26-,27-/m0/s1. The molecule has 0 saturated carbocycles. The second-order valence-corrected chi connectivity index (χ2v) is 10.3. The van der Waals surface area contributed by atoms with E-state index in [0.29, 0.717) is 39.0 Å². The molecule has 35 heavy (non-hydrogen) atoms. The Labute approximate surface area is 208 Å². The van der Waals surface area contributed by atoms with E-state index in [1.165, 1.54) is 0 Å². The Morgan fingerprint density at radius 3 is 2.23 bits per heavy atom. The Bertz CT molecular complexity index is 899. The predicted octanol–water partition coefficient (Wildman–Crippen LogP) is 2.13. The molecule has 0 radical (unpaired) electrons. The second kappa shape index (κ2) is 10.1. The molecular weight excluding hydrogens is 446 g/mol. The summed E-state index contributed by atoms with van der Waals surface area (Å²) in [7, 11) is 0. The number of aliphatic hydroxyl groups is 1. The maximum Gasteiger partial charge on any atom is 0.249 e. The topological polar surface area (TPSA) is 90.4 Å². The van der Waals surface area contributed by atoms with Crippen LogP contribution in [0.2, 0.25) is 0 Å². The van der Waals surface area contributed by atoms with Gasteiger partial charge in [0.25, 0.3) is 0 Å². The van der Waals surface area contributed by atoms with E-state index in [1.807, 2.05) is 50.0 Å². The van der Waals surface area contributed by atoms with Crippen molar-refractivity contribution in [3.8, 4) is 0 Å². The van der Waals surface area contributed by atoms with Gasteiger partial charge in [-0.25, -0.2) is 0 Å². The number of carbonyl (C=O) groups excluding carboxylic acids is 3. The zero-order valence-electron chi connectivity index (χ0n) is 21.6. The van der Waals surface area contributed by atoms with Gasteiger partial charge >= 0.3 is 0 Å². The van der Waals surface area contributed by atoms with Gasteiger partial charge in [-0.2, -0.15) is 0 Å². The van der Waals surface area contributed by atoms with Gasteiger partial charge in [0.2, 0.25) is 17.7 Å². The van der Waals surface area contributed by atoms with E-state index in [-0.39, 0.29) is 24.3 Å². The summed E-state index contributed by atoms with van der Waals surface area (Å²) < 4.78 is 6.92. The average Bonchev–Trinajstić information content (AvgIpc) is 3.15. The lowest BCUT2D eigenvalue weighted by Crippen LogP contribution is -2.58. The van der Waals surface area contributed by atoms with E-state index in [0.717, 1.165) is 19.3 Å². The first-order valence-electron chi connectivity index (χ1n) is 13.4. The third-order valence-electron chi connectivity index (χ3n) is 8.40. The van der Waals surface area contributed by atoms with E-state index < -0.39 is 35.1 Å². The predicted molar refractivity (Wildman–Crippen MR) is 132 cm³/mol. The number of hydrogen-bond acceptors (Lipinski definition) is 5. The normalized spacial score (nSPS) is 35.2. The smallest absolute Gasteiger partial charge is 0.249 e. The molecule has 4 aliphatic rings. The van der Waals surface area contributed by atoms with Crippen LogP contribution in [-0.4, -0.2) is 93.6 Å². The maximum atomic E-state index is 14.3. The van der Waals surface area contributed by atoms with Crippen molar-refractivity contribution in [2.24, 2.45) is 11.8 Å². The number of nitrogens with zero attached hydrogens (tertiary/aromatic N) is 3. The van der Waals surface area contributed by atoms with E-state index in [1.54, 1.807) is 9.80 Å². The number of hydrogen-bond donors (Lipinski definition) is 1. The molecule has 4 aliphatic heterocycles. The van der Waals surface area contributed by atoms with E-state index in [2.05, 4.69) is 6.92 Å². The highest BCUT2D eigenvalue weighted by Gasteiger charge is 2.75. The molecule has 194 valence electrons. The molecule has 0 aromatic carbocycles. The van der Waals surface area contributed by atoms with Gasteiger partial charge in [-0.3, -0.25) is 14.4 Å². The average molecular weight is 488 g/mol. The lowest BCUT2D eigenvalue weighted by Gasteiger charge is -2.40. The number of carbonyl (C=O) groups is 3. The number of amides is 3. The fourth-order valence-corrected chi connectivity index (χ4v) is 6.62. The zero-order valence-corrected chi connectivity index (χ0v) is 21.6. The van der Waals surface area contributed by atoms with Crippen LogP contribution < -0.4 is 0 Å². The summed E-state index contributed by atoms with van der Waals surface area (Å²) in [5.41, 5.74) is -2.19. The van der Waals surface area contributed by atoms with Crippen molar-refractivity contribution in [3.05, 3.63) is 24.3 Å². The van der Waals surface area contributed by atoms with Crippen LogP contribution in [0.1, 0.15) is 59.8 Å². The Kier molecular flexibility index (Phi) is 7.44. The molecule has 2 fully saturated rings. The van der Waals surface area contributed by atoms with Crippen LogP contribution in [-0.2, 0) is 19.1 Å². The second-order valence-electron chi connectivity index (χ2n) is 10.3. The van der Waals surface area contributed by atoms with Crippen LogP contribution in [0.5, 0.6) is 0 Å². The molecule has 1 N–H and O–H groups in total. The van der Waals surface area contributed by atoms with Gasteiger partial charge in [-0.05, 0) is 25.7 Å². The van der Waals surface area contributed by atoms with Gasteiger partial charge < -0.3 is 24.5 Å². The number of aliphatic hydroxyl groups excluding tert-OH is 1. The molecule has 6 atom stereocenters. The fraction of sp³-hybridized carbons (Fsp3) is 0.741. The number of likely N-dealkylation sites (tertiary alicyclic amines) is 1. The minimum Gasteiger partial charge on any atom is -0.394 e. The third kappa shape index (κ3) is 3.84. The molecule has 1 unspecified atom stereocenters. The molecule has 8 heteroatoms. The SMILES string of the molecule is CCCCN1CC=C[C@]23O[C@@]4(CC)C=CCN(CCC)C(=O)[C@H]4[C@H]2C(=O)N([C@@H](CC)CO)C3C1=O. The molecule has 4 heterocycles. The van der Waals surface area contributed by atoms with Crippen LogP contribution in [0.25, 0.3) is 0 Å². The minimum absolute atomic E-state index is 0.0838. The summed E-state index contributed by atoms with van der Waals surface area (Å²) in [4.78, 5) is 47.5. The molecule has 0 aromatic heterocycles. The highest BCUT2D eigenvalue weighted by Crippen LogP contribution is 2.59. The molecule has 4 rings (SSSR count). The van der Waals surface area contributed by atoms with Crippen LogP contribution in [0, 0.1) is 11.8 Å². The number of rotatable bonds is 9. The minimum atomic E-state index is -1.24. The molecule has 1 spiro atoms. The molecule has 2 saturated heterocycles. The number of unbranched alkanes of at least 4 members (excludes halogenated alkanes) is 1. The van der Waals surface area contributed by atoms with Crippen LogP contribution in [0.15, 0.2) is 24.3 Å². The van der Waals surface area contributed by atoms with Gasteiger partial charge in [0.15, 0.2) is 0 Å². The lowest BCUT2D eigenvalue weighted by molar-refractivity contribution is -0.157. The summed E-state index contributed by atoms with van der Waals surface area (Å²) in [6.45, 7) is 9.89. The van der Waals surface area contributed by atoms with Crippen molar-refractivity contribution in [3.63, 3.8) is 0 Å². The number of fused-ring (bicyclic) bond motifs is 2. The first-order chi connectivity index (χ1) is 16.9. The number of ether oxygens (including phenoxy) is 1. The lowest BCUT2D eigenvalue weighted by atomic mass is 9.73. The van der Waals surface area contributed by atoms with Gasteiger partial charge in [0.05, 0.1) is 30.1 Å². The summed E-state index contributed by atoms with van der Waals surface area (Å²) in [5.74, 6) is -2.02. The van der Waals surface area contributed by atoms with E-state index in [4.69, 9.17) is 4.74 Å². The summed E-state index contributed by atoms with van der Waals surface area (Å²) >= 11 is 0. The first-order valence-corrected chi connectivity index (χ1v) is 13.4.